The van der Waals surface area contributed by atoms with E-state index in [4.69, 9.17) is 10.5 Å². The van der Waals surface area contributed by atoms with Crippen molar-refractivity contribution in [2.24, 2.45) is 5.73 Å². The molecule has 0 amide bonds. The first-order valence-corrected chi connectivity index (χ1v) is 8.21. The molecule has 2 aromatic carbocycles. The molecule has 0 saturated carbocycles. The van der Waals surface area contributed by atoms with E-state index in [9.17, 15) is 0 Å². The van der Waals surface area contributed by atoms with Crippen molar-refractivity contribution in [3.8, 4) is 5.75 Å². The van der Waals surface area contributed by atoms with E-state index in [2.05, 4.69) is 49.4 Å². The summed E-state index contributed by atoms with van der Waals surface area (Å²) in [5, 5.41) is 0. The van der Waals surface area contributed by atoms with Gasteiger partial charge in [-0.2, -0.15) is 0 Å². The Bertz CT molecular complexity index is 623. The van der Waals surface area contributed by atoms with Gasteiger partial charge in [-0.15, -0.1) is 0 Å². The van der Waals surface area contributed by atoms with Gasteiger partial charge in [-0.3, -0.25) is 0 Å². The summed E-state index contributed by atoms with van der Waals surface area (Å²) in [6.45, 7) is 3.54. The van der Waals surface area contributed by atoms with Crippen LogP contribution in [-0.4, -0.2) is 13.2 Å². The zero-order valence-electron chi connectivity index (χ0n) is 13.3. The van der Waals surface area contributed by atoms with Gasteiger partial charge in [0.25, 0.3) is 0 Å². The average molecular weight is 295 g/mol. The summed E-state index contributed by atoms with van der Waals surface area (Å²) < 4.78 is 5.99. The fourth-order valence-electron chi connectivity index (χ4n) is 3.24. The average Bonchev–Trinajstić information content (AvgIpc) is 3.03. The van der Waals surface area contributed by atoms with E-state index in [0.717, 1.165) is 12.2 Å². The van der Waals surface area contributed by atoms with Gasteiger partial charge in [0.15, 0.2) is 0 Å². The highest BCUT2D eigenvalue weighted by Gasteiger charge is 2.24. The predicted octanol–water partition coefficient (Wildman–Crippen LogP) is 3.86. The maximum atomic E-state index is 6.04. The second-order valence-corrected chi connectivity index (χ2v) is 6.51. The van der Waals surface area contributed by atoms with Crippen molar-refractivity contribution in [1.82, 2.24) is 0 Å². The molecule has 0 spiro atoms. The number of fused-ring (bicyclic) bond motifs is 1. The van der Waals surface area contributed by atoms with E-state index in [1.54, 1.807) is 0 Å². The van der Waals surface area contributed by atoms with E-state index < -0.39 is 0 Å². The lowest BCUT2D eigenvalue weighted by molar-refractivity contribution is 0.266. The smallest absolute Gasteiger partial charge is 0.119 e. The molecule has 22 heavy (non-hydrogen) atoms. The molecule has 0 radical (unpaired) electrons. The highest BCUT2D eigenvalue weighted by molar-refractivity contribution is 5.38. The molecular weight excluding hydrogens is 270 g/mol. The first-order chi connectivity index (χ1) is 10.7. The van der Waals surface area contributed by atoms with Gasteiger partial charge in [0, 0.05) is 12.0 Å². The number of hydrogen-bond donors (Lipinski definition) is 1. The Hall–Kier alpha value is -1.80. The summed E-state index contributed by atoms with van der Waals surface area (Å²) in [7, 11) is 0. The van der Waals surface area contributed by atoms with Gasteiger partial charge in [0.2, 0.25) is 0 Å². The van der Waals surface area contributed by atoms with Crippen LogP contribution in [0.15, 0.2) is 48.5 Å². The van der Waals surface area contributed by atoms with Gasteiger partial charge in [-0.1, -0.05) is 43.3 Å². The van der Waals surface area contributed by atoms with Gasteiger partial charge in [-0.25, -0.2) is 0 Å². The maximum absolute atomic E-state index is 6.04. The molecule has 3 rings (SSSR count). The zero-order valence-corrected chi connectivity index (χ0v) is 13.3. The summed E-state index contributed by atoms with van der Waals surface area (Å²) >= 11 is 0. The first-order valence-electron chi connectivity index (χ1n) is 8.21. The molecule has 2 N–H and O–H groups in total. The molecular formula is C20H25NO. The number of benzene rings is 2. The molecule has 2 heteroatoms. The molecule has 2 aromatic rings. The van der Waals surface area contributed by atoms with Crippen molar-refractivity contribution >= 4 is 0 Å². The number of aryl methyl sites for hydroxylation is 2. The van der Waals surface area contributed by atoms with Crippen LogP contribution in [0.3, 0.4) is 0 Å². The lowest BCUT2D eigenvalue weighted by atomic mass is 9.80. The van der Waals surface area contributed by atoms with E-state index in [1.165, 1.54) is 36.0 Å². The Labute approximate surface area is 133 Å². The molecule has 0 aliphatic heterocycles. The van der Waals surface area contributed by atoms with E-state index >= 15 is 0 Å². The maximum Gasteiger partial charge on any atom is 0.119 e. The number of hydrogen-bond acceptors (Lipinski definition) is 2. The van der Waals surface area contributed by atoms with Crippen LogP contribution in [0.5, 0.6) is 5.75 Å². The fraction of sp³-hybridized carbons (Fsp3) is 0.400. The van der Waals surface area contributed by atoms with Gasteiger partial charge in [-0.05, 0) is 54.5 Å². The monoisotopic (exact) mass is 295 g/mol. The van der Waals surface area contributed by atoms with Crippen LogP contribution in [0.1, 0.15) is 36.5 Å². The number of nitrogens with two attached hydrogens (primary N) is 1. The molecule has 0 bridgehead atoms. The summed E-state index contributed by atoms with van der Waals surface area (Å²) in [4.78, 5) is 0. The minimum atomic E-state index is -0.0298. The highest BCUT2D eigenvalue weighted by atomic mass is 16.5. The molecule has 1 aliphatic carbocycles. The minimum absolute atomic E-state index is 0.0298. The van der Waals surface area contributed by atoms with Crippen molar-refractivity contribution in [2.45, 2.75) is 38.0 Å². The Balaban J connectivity index is 1.62. The normalized spacial score (nSPS) is 16.1. The summed E-state index contributed by atoms with van der Waals surface area (Å²) in [6.07, 6.45) is 4.61. The molecule has 116 valence electrons. The van der Waals surface area contributed by atoms with Crippen molar-refractivity contribution in [2.75, 3.05) is 13.2 Å². The van der Waals surface area contributed by atoms with Crippen molar-refractivity contribution in [3.63, 3.8) is 0 Å². The molecule has 1 atom stereocenters. The first kappa shape index (κ1) is 15.1. The Morgan fingerprint density at radius 2 is 1.82 bits per heavy atom. The molecule has 2 nitrogen and oxygen atoms in total. The van der Waals surface area contributed by atoms with E-state index in [1.807, 2.05) is 6.07 Å². The van der Waals surface area contributed by atoms with Crippen LogP contribution < -0.4 is 10.5 Å². The molecule has 1 unspecified atom stereocenters. The molecule has 0 fully saturated rings. The van der Waals surface area contributed by atoms with Crippen LogP contribution in [0.2, 0.25) is 0 Å². The second kappa shape index (κ2) is 6.53. The Morgan fingerprint density at radius 3 is 2.59 bits per heavy atom. The van der Waals surface area contributed by atoms with Crippen molar-refractivity contribution < 1.29 is 4.74 Å². The summed E-state index contributed by atoms with van der Waals surface area (Å²) in [5.41, 5.74) is 10.2. The van der Waals surface area contributed by atoms with Crippen molar-refractivity contribution in [1.29, 1.82) is 0 Å². The number of ether oxygens (including phenoxy) is 1. The fourth-order valence-corrected chi connectivity index (χ4v) is 3.24. The highest BCUT2D eigenvalue weighted by Crippen LogP contribution is 2.28. The quantitative estimate of drug-likeness (QED) is 0.878. The topological polar surface area (TPSA) is 35.2 Å². The van der Waals surface area contributed by atoms with Crippen molar-refractivity contribution in [3.05, 3.63) is 65.2 Å². The van der Waals surface area contributed by atoms with Crippen LogP contribution in [0.4, 0.5) is 0 Å². The van der Waals surface area contributed by atoms with Crippen LogP contribution in [0.25, 0.3) is 0 Å². The SMILES string of the molecule is CC(CN)(CCOc1ccc2c(c1)CCC2)c1ccccc1. The third-order valence-corrected chi connectivity index (χ3v) is 4.91. The Kier molecular flexibility index (Phi) is 4.49. The third kappa shape index (κ3) is 3.17. The minimum Gasteiger partial charge on any atom is -0.494 e. The molecule has 1 aliphatic rings. The molecule has 0 saturated heterocycles. The van der Waals surface area contributed by atoms with Gasteiger partial charge in [0.1, 0.15) is 5.75 Å². The predicted molar refractivity (Wildman–Crippen MR) is 91.4 cm³/mol. The molecule has 0 heterocycles. The molecule has 0 aromatic heterocycles. The van der Waals surface area contributed by atoms with Crippen LogP contribution in [-0.2, 0) is 18.3 Å². The van der Waals surface area contributed by atoms with Crippen LogP contribution in [0, 0.1) is 0 Å². The Morgan fingerprint density at radius 1 is 1.05 bits per heavy atom. The standard InChI is InChI=1S/C20H25NO/c1-20(15-21,18-8-3-2-4-9-18)12-13-22-19-11-10-16-6-5-7-17(16)14-19/h2-4,8-11,14H,5-7,12-13,15,21H2,1H3. The lowest BCUT2D eigenvalue weighted by Gasteiger charge is -2.28. The second-order valence-electron chi connectivity index (χ2n) is 6.51. The van der Waals surface area contributed by atoms with Crippen LogP contribution >= 0.6 is 0 Å². The number of rotatable bonds is 6. The largest absolute Gasteiger partial charge is 0.494 e. The summed E-state index contributed by atoms with van der Waals surface area (Å²) in [5.74, 6) is 0.994. The lowest BCUT2D eigenvalue weighted by Crippen LogP contribution is -2.33. The zero-order chi connectivity index (χ0) is 15.4. The third-order valence-electron chi connectivity index (χ3n) is 4.91. The summed E-state index contributed by atoms with van der Waals surface area (Å²) in [6, 6.07) is 17.0. The van der Waals surface area contributed by atoms with E-state index in [0.29, 0.717) is 13.2 Å². The van der Waals surface area contributed by atoms with Gasteiger partial charge >= 0.3 is 0 Å². The van der Waals surface area contributed by atoms with Gasteiger partial charge in [0.05, 0.1) is 6.61 Å². The van der Waals surface area contributed by atoms with E-state index in [-0.39, 0.29) is 5.41 Å². The van der Waals surface area contributed by atoms with Gasteiger partial charge < -0.3 is 10.5 Å².